The van der Waals surface area contributed by atoms with E-state index in [9.17, 15) is 4.79 Å². The molecule has 0 bridgehead atoms. The molecule has 218 valence electrons. The third-order valence-electron chi connectivity index (χ3n) is 6.55. The molecule has 0 aliphatic rings. The molecule has 4 rings (SSSR count). The second kappa shape index (κ2) is 15.4. The van der Waals surface area contributed by atoms with Crippen LogP contribution in [-0.2, 0) is 22.5 Å². The van der Waals surface area contributed by atoms with Crippen LogP contribution in [0.3, 0.4) is 0 Å². The highest BCUT2D eigenvalue weighted by atomic mass is 35.5. The van der Waals surface area contributed by atoms with E-state index in [1.54, 1.807) is 0 Å². The van der Waals surface area contributed by atoms with E-state index in [2.05, 4.69) is 37.4 Å². The zero-order chi connectivity index (χ0) is 29.0. The number of carbonyl (C=O) groups is 1. The SMILES string of the molecule is CCCCc1nc(Cl)c(C(=O)OCCCCCCON(O)O)n1Cc1ccc(-c2ccccc2-c2nn[nH]n2)cc1. The highest BCUT2D eigenvalue weighted by molar-refractivity contribution is 6.32. The van der Waals surface area contributed by atoms with Gasteiger partial charge in [-0.05, 0) is 47.6 Å². The number of tetrazole rings is 1. The number of H-pyrrole nitrogens is 1. The Kier molecular flexibility index (Phi) is 11.3. The van der Waals surface area contributed by atoms with Gasteiger partial charge >= 0.3 is 5.97 Å². The van der Waals surface area contributed by atoms with Crippen LogP contribution in [0, 0.1) is 0 Å². The molecule has 13 heteroatoms. The lowest BCUT2D eigenvalue weighted by atomic mass is 9.98. The fourth-order valence-corrected chi connectivity index (χ4v) is 4.75. The lowest BCUT2D eigenvalue weighted by Crippen LogP contribution is -2.16. The molecule has 0 radical (unpaired) electrons. The number of imidazole rings is 1. The summed E-state index contributed by atoms with van der Waals surface area (Å²) < 4.78 is 7.41. The van der Waals surface area contributed by atoms with Gasteiger partial charge in [0.1, 0.15) is 5.82 Å². The van der Waals surface area contributed by atoms with E-state index in [0.717, 1.165) is 53.8 Å². The Morgan fingerprint density at radius 2 is 1.73 bits per heavy atom. The van der Waals surface area contributed by atoms with Crippen molar-refractivity contribution in [3.8, 4) is 22.5 Å². The van der Waals surface area contributed by atoms with Gasteiger partial charge in [0, 0.05) is 18.5 Å². The summed E-state index contributed by atoms with van der Waals surface area (Å²) in [5.74, 6) is 0.766. The van der Waals surface area contributed by atoms with Crippen molar-refractivity contribution in [2.24, 2.45) is 0 Å². The van der Waals surface area contributed by atoms with Gasteiger partial charge < -0.3 is 9.30 Å². The fourth-order valence-electron chi connectivity index (χ4n) is 4.47. The molecule has 12 nitrogen and oxygen atoms in total. The molecule has 0 aliphatic heterocycles. The van der Waals surface area contributed by atoms with E-state index in [-0.39, 0.29) is 29.5 Å². The summed E-state index contributed by atoms with van der Waals surface area (Å²) >= 11 is 6.47. The molecule has 0 aliphatic carbocycles. The molecule has 2 aromatic carbocycles. The Labute approximate surface area is 242 Å². The number of nitrogens with one attached hydrogen (secondary N) is 1. The van der Waals surface area contributed by atoms with E-state index in [4.69, 9.17) is 26.8 Å². The van der Waals surface area contributed by atoms with Crippen molar-refractivity contribution < 1.29 is 24.8 Å². The summed E-state index contributed by atoms with van der Waals surface area (Å²) in [6, 6.07) is 16.0. The van der Waals surface area contributed by atoms with Gasteiger partial charge in [0.25, 0.3) is 0 Å². The second-order valence-corrected chi connectivity index (χ2v) is 9.83. The molecular formula is C28H34ClN7O5. The number of hydrogen-bond donors (Lipinski definition) is 3. The average Bonchev–Trinajstić information content (AvgIpc) is 3.61. The minimum Gasteiger partial charge on any atom is -0.461 e. The van der Waals surface area contributed by atoms with Gasteiger partial charge in [0.05, 0.1) is 18.6 Å². The summed E-state index contributed by atoms with van der Waals surface area (Å²) in [6.07, 6.45) is 5.49. The van der Waals surface area contributed by atoms with Crippen LogP contribution in [0.2, 0.25) is 5.15 Å². The first kappa shape index (κ1) is 30.3. The molecule has 0 atom stereocenters. The highest BCUT2D eigenvalue weighted by Gasteiger charge is 2.23. The number of aromatic amines is 1. The normalized spacial score (nSPS) is 11.3. The van der Waals surface area contributed by atoms with Crippen molar-refractivity contribution >= 4 is 17.6 Å². The monoisotopic (exact) mass is 583 g/mol. The zero-order valence-corrected chi connectivity index (χ0v) is 23.6. The first-order valence-corrected chi connectivity index (χ1v) is 14.0. The van der Waals surface area contributed by atoms with Crippen LogP contribution in [-0.4, -0.2) is 65.2 Å². The Morgan fingerprint density at radius 3 is 2.41 bits per heavy atom. The quantitative estimate of drug-likeness (QED) is 0.0875. The largest absolute Gasteiger partial charge is 0.461 e. The lowest BCUT2D eigenvalue weighted by molar-refractivity contribution is -0.492. The third-order valence-corrected chi connectivity index (χ3v) is 6.81. The minimum atomic E-state index is -0.504. The molecule has 4 aromatic rings. The molecule has 2 heterocycles. The van der Waals surface area contributed by atoms with E-state index >= 15 is 0 Å². The number of rotatable bonds is 16. The number of ether oxygens (including phenoxy) is 1. The number of carbonyl (C=O) groups excluding carboxylic acids is 1. The Bertz CT molecular complexity index is 1380. The van der Waals surface area contributed by atoms with E-state index < -0.39 is 5.97 Å². The van der Waals surface area contributed by atoms with Crippen molar-refractivity contribution in [1.82, 2.24) is 35.6 Å². The topological polar surface area (TPSA) is 152 Å². The molecule has 41 heavy (non-hydrogen) atoms. The van der Waals surface area contributed by atoms with Crippen LogP contribution in [0.1, 0.15) is 67.3 Å². The number of halogens is 1. The smallest absolute Gasteiger partial charge is 0.358 e. The zero-order valence-electron chi connectivity index (χ0n) is 22.9. The molecule has 0 unspecified atom stereocenters. The van der Waals surface area contributed by atoms with Gasteiger partial charge in [0.2, 0.25) is 5.82 Å². The van der Waals surface area contributed by atoms with Crippen LogP contribution in [0.5, 0.6) is 0 Å². The van der Waals surface area contributed by atoms with Crippen molar-refractivity contribution in [2.45, 2.75) is 58.4 Å². The maximum Gasteiger partial charge on any atom is 0.358 e. The summed E-state index contributed by atoms with van der Waals surface area (Å²) in [6.45, 7) is 2.95. The van der Waals surface area contributed by atoms with Crippen LogP contribution < -0.4 is 0 Å². The molecule has 3 N–H and O–H groups in total. The van der Waals surface area contributed by atoms with Crippen molar-refractivity contribution in [1.29, 1.82) is 0 Å². The second-order valence-electron chi connectivity index (χ2n) is 9.47. The summed E-state index contributed by atoms with van der Waals surface area (Å²) in [7, 11) is 0. The van der Waals surface area contributed by atoms with Crippen LogP contribution in [0.4, 0.5) is 0 Å². The minimum absolute atomic E-state index is 0.140. The standard InChI is InChI=1S/C28H34ClN7O5/c1-2-3-12-24-30-26(29)25(28(37)40-17-8-4-5-9-18-41-36(38)39)35(24)19-20-13-15-21(16-14-20)22-10-6-7-11-23(22)27-31-33-34-32-27/h6-7,10-11,13-16,38-39H,2-5,8-9,12,17-19H2,1H3,(H,31,32,33,34). The summed E-state index contributed by atoms with van der Waals surface area (Å²) in [5.41, 5.74) is 4.09. The van der Waals surface area contributed by atoms with E-state index in [1.165, 1.54) is 0 Å². The maximum atomic E-state index is 13.1. The van der Waals surface area contributed by atoms with Gasteiger partial charge in [-0.1, -0.05) is 79.9 Å². The first-order chi connectivity index (χ1) is 20.0. The number of unbranched alkanes of at least 4 members (excludes halogenated alkanes) is 4. The molecule has 0 amide bonds. The van der Waals surface area contributed by atoms with Crippen molar-refractivity contribution in [2.75, 3.05) is 13.2 Å². The van der Waals surface area contributed by atoms with Gasteiger partial charge in [-0.2, -0.15) is 5.21 Å². The molecule has 2 aromatic heterocycles. The van der Waals surface area contributed by atoms with Crippen LogP contribution in [0.15, 0.2) is 48.5 Å². The molecule has 0 spiro atoms. The Balaban J connectivity index is 1.45. The molecular weight excluding hydrogens is 550 g/mol. The average molecular weight is 584 g/mol. The molecule has 0 saturated heterocycles. The number of aryl methyl sites for hydroxylation is 1. The molecule has 0 saturated carbocycles. The highest BCUT2D eigenvalue weighted by Crippen LogP contribution is 2.30. The summed E-state index contributed by atoms with van der Waals surface area (Å²) in [5, 5.41) is 31.3. The van der Waals surface area contributed by atoms with Gasteiger partial charge in [-0.25, -0.2) is 9.78 Å². The number of benzene rings is 2. The predicted octanol–water partition coefficient (Wildman–Crippen LogP) is 5.50. The van der Waals surface area contributed by atoms with E-state index in [1.807, 2.05) is 53.1 Å². The lowest BCUT2D eigenvalue weighted by Gasteiger charge is -2.13. The van der Waals surface area contributed by atoms with Crippen LogP contribution in [0.25, 0.3) is 22.5 Å². The number of esters is 1. The maximum absolute atomic E-state index is 13.1. The predicted molar refractivity (Wildman–Crippen MR) is 150 cm³/mol. The van der Waals surface area contributed by atoms with Gasteiger partial charge in [-0.15, -0.1) is 10.2 Å². The first-order valence-electron chi connectivity index (χ1n) is 13.6. The van der Waals surface area contributed by atoms with E-state index in [0.29, 0.717) is 31.6 Å². The summed E-state index contributed by atoms with van der Waals surface area (Å²) in [4.78, 5) is 22.1. The fraction of sp³-hybridized carbons (Fsp3) is 0.393. The van der Waals surface area contributed by atoms with Crippen molar-refractivity contribution in [3.63, 3.8) is 0 Å². The Morgan fingerprint density at radius 1 is 1.00 bits per heavy atom. The Hall–Kier alpha value is -3.68. The molecule has 0 fully saturated rings. The van der Waals surface area contributed by atoms with Gasteiger partial charge in [-0.3, -0.25) is 15.3 Å². The van der Waals surface area contributed by atoms with Crippen LogP contribution >= 0.6 is 11.6 Å². The number of hydrogen-bond acceptors (Lipinski definition) is 10. The number of aromatic nitrogens is 6. The van der Waals surface area contributed by atoms with Crippen molar-refractivity contribution in [3.05, 3.63) is 70.8 Å². The number of nitrogens with zero attached hydrogens (tertiary/aromatic N) is 6. The van der Waals surface area contributed by atoms with Gasteiger partial charge in [0.15, 0.2) is 10.8 Å². The third kappa shape index (κ3) is 8.41.